The van der Waals surface area contributed by atoms with Crippen molar-refractivity contribution < 1.29 is 14.7 Å². The van der Waals surface area contributed by atoms with Crippen LogP contribution >= 0.6 is 0 Å². The minimum atomic E-state index is -0.759. The van der Waals surface area contributed by atoms with Crippen LogP contribution in [-0.2, 0) is 11.3 Å². The number of urea groups is 1. The van der Waals surface area contributed by atoms with Crippen LogP contribution in [0.2, 0.25) is 0 Å². The maximum Gasteiger partial charge on any atom is 0.317 e. The first-order chi connectivity index (χ1) is 9.65. The average molecular weight is 277 g/mol. The summed E-state index contributed by atoms with van der Waals surface area (Å²) >= 11 is 0. The number of carboxylic acid groups (broad SMARTS) is 1. The van der Waals surface area contributed by atoms with E-state index in [-0.39, 0.29) is 18.4 Å². The molecule has 0 unspecified atom stereocenters. The molecule has 1 aromatic rings. The summed E-state index contributed by atoms with van der Waals surface area (Å²) in [6.45, 7) is 1.73. The van der Waals surface area contributed by atoms with Gasteiger partial charge in [-0.05, 0) is 36.5 Å². The Kier molecular flexibility index (Phi) is 4.92. The Morgan fingerprint density at radius 2 is 1.95 bits per heavy atom. The smallest absolute Gasteiger partial charge is 0.317 e. The Bertz CT molecular complexity index is 456. The molecule has 2 amide bonds. The van der Waals surface area contributed by atoms with Gasteiger partial charge < -0.3 is 15.3 Å². The number of piperidine rings is 1. The number of carbonyl (C=O) groups excluding carboxylic acids is 1. The van der Waals surface area contributed by atoms with Crippen LogP contribution in [-0.4, -0.2) is 40.1 Å². The Balaban J connectivity index is 1.73. The van der Waals surface area contributed by atoms with Gasteiger partial charge in [-0.25, -0.2) is 4.79 Å². The van der Waals surface area contributed by atoms with Crippen LogP contribution < -0.4 is 5.32 Å². The molecular formula is C14H19N3O3. The largest absolute Gasteiger partial charge is 0.481 e. The zero-order valence-electron chi connectivity index (χ0n) is 11.3. The molecule has 2 rings (SSSR count). The predicted octanol–water partition coefficient (Wildman–Crippen LogP) is 1.48. The number of aromatic nitrogens is 1. The summed E-state index contributed by atoms with van der Waals surface area (Å²) in [5.41, 5.74) is 1.01. The first-order valence-corrected chi connectivity index (χ1v) is 6.78. The van der Waals surface area contributed by atoms with Crippen molar-refractivity contribution in [3.05, 3.63) is 30.1 Å². The van der Waals surface area contributed by atoms with Gasteiger partial charge in [0.15, 0.2) is 0 Å². The lowest BCUT2D eigenvalue weighted by molar-refractivity contribution is -0.138. The summed E-state index contributed by atoms with van der Waals surface area (Å²) in [7, 11) is 0. The zero-order valence-corrected chi connectivity index (χ0v) is 11.3. The molecule has 6 heteroatoms. The van der Waals surface area contributed by atoms with Crippen LogP contribution in [0.5, 0.6) is 0 Å². The number of likely N-dealkylation sites (tertiary alicyclic amines) is 1. The fourth-order valence-corrected chi connectivity index (χ4v) is 2.38. The zero-order chi connectivity index (χ0) is 14.4. The summed E-state index contributed by atoms with van der Waals surface area (Å²) in [6, 6.07) is 3.63. The fourth-order valence-electron chi connectivity index (χ4n) is 2.38. The molecule has 1 fully saturated rings. The van der Waals surface area contributed by atoms with Crippen LogP contribution in [0.3, 0.4) is 0 Å². The summed E-state index contributed by atoms with van der Waals surface area (Å²) in [4.78, 5) is 28.3. The molecule has 1 aliphatic rings. The van der Waals surface area contributed by atoms with Gasteiger partial charge in [0.05, 0.1) is 0 Å². The van der Waals surface area contributed by atoms with E-state index in [0.29, 0.717) is 19.6 Å². The van der Waals surface area contributed by atoms with Gasteiger partial charge in [-0.1, -0.05) is 0 Å². The van der Waals surface area contributed by atoms with Crippen molar-refractivity contribution in [2.75, 3.05) is 13.1 Å². The molecule has 108 valence electrons. The van der Waals surface area contributed by atoms with E-state index < -0.39 is 5.97 Å². The molecule has 20 heavy (non-hydrogen) atoms. The second-order valence-electron chi connectivity index (χ2n) is 5.04. The van der Waals surface area contributed by atoms with E-state index >= 15 is 0 Å². The maximum absolute atomic E-state index is 12.0. The molecular weight excluding hydrogens is 258 g/mol. The minimum Gasteiger partial charge on any atom is -0.481 e. The molecule has 0 saturated carbocycles. The van der Waals surface area contributed by atoms with E-state index in [4.69, 9.17) is 5.11 Å². The second-order valence-corrected chi connectivity index (χ2v) is 5.04. The number of carbonyl (C=O) groups is 2. The van der Waals surface area contributed by atoms with Crippen LogP contribution in [0.15, 0.2) is 24.5 Å². The molecule has 1 saturated heterocycles. The number of amides is 2. The monoisotopic (exact) mass is 277 g/mol. The van der Waals surface area contributed by atoms with E-state index in [0.717, 1.165) is 18.4 Å². The van der Waals surface area contributed by atoms with Gasteiger partial charge in [0, 0.05) is 38.4 Å². The SMILES string of the molecule is O=C(O)CC1CCN(C(=O)NCc2ccncc2)CC1. The van der Waals surface area contributed by atoms with Crippen molar-refractivity contribution in [1.29, 1.82) is 0 Å². The van der Waals surface area contributed by atoms with Crippen molar-refractivity contribution in [1.82, 2.24) is 15.2 Å². The third-order valence-electron chi connectivity index (χ3n) is 3.56. The van der Waals surface area contributed by atoms with Crippen molar-refractivity contribution in [2.45, 2.75) is 25.8 Å². The fraction of sp³-hybridized carbons (Fsp3) is 0.500. The van der Waals surface area contributed by atoms with E-state index in [1.807, 2.05) is 12.1 Å². The highest BCUT2D eigenvalue weighted by molar-refractivity contribution is 5.74. The lowest BCUT2D eigenvalue weighted by Crippen LogP contribution is -2.44. The topological polar surface area (TPSA) is 82.5 Å². The Morgan fingerprint density at radius 1 is 1.30 bits per heavy atom. The van der Waals surface area contributed by atoms with Gasteiger partial charge in [0.2, 0.25) is 0 Å². The molecule has 0 aromatic carbocycles. The lowest BCUT2D eigenvalue weighted by atomic mass is 9.94. The number of hydrogen-bond donors (Lipinski definition) is 2. The molecule has 0 spiro atoms. The van der Waals surface area contributed by atoms with Crippen molar-refractivity contribution in [2.24, 2.45) is 5.92 Å². The number of hydrogen-bond acceptors (Lipinski definition) is 3. The Morgan fingerprint density at radius 3 is 2.55 bits per heavy atom. The molecule has 2 heterocycles. The molecule has 1 aliphatic heterocycles. The van der Waals surface area contributed by atoms with Crippen LogP contribution in [0.1, 0.15) is 24.8 Å². The Labute approximate surface area is 117 Å². The van der Waals surface area contributed by atoms with Gasteiger partial charge in [-0.2, -0.15) is 0 Å². The highest BCUT2D eigenvalue weighted by atomic mass is 16.4. The highest BCUT2D eigenvalue weighted by Crippen LogP contribution is 2.20. The van der Waals surface area contributed by atoms with E-state index in [9.17, 15) is 9.59 Å². The van der Waals surface area contributed by atoms with E-state index in [1.54, 1.807) is 17.3 Å². The quantitative estimate of drug-likeness (QED) is 0.873. The van der Waals surface area contributed by atoms with Crippen molar-refractivity contribution >= 4 is 12.0 Å². The Hall–Kier alpha value is -2.11. The van der Waals surface area contributed by atoms with Crippen molar-refractivity contribution in [3.8, 4) is 0 Å². The second kappa shape index (κ2) is 6.88. The summed E-state index contributed by atoms with van der Waals surface area (Å²) in [6.07, 6.45) is 5.11. The molecule has 0 radical (unpaired) electrons. The summed E-state index contributed by atoms with van der Waals surface area (Å²) < 4.78 is 0. The number of carboxylic acids is 1. The molecule has 0 atom stereocenters. The minimum absolute atomic E-state index is 0.0874. The van der Waals surface area contributed by atoms with Crippen LogP contribution in [0.25, 0.3) is 0 Å². The molecule has 1 aromatic heterocycles. The molecule has 6 nitrogen and oxygen atoms in total. The van der Waals surface area contributed by atoms with Gasteiger partial charge in [-0.3, -0.25) is 9.78 Å². The standard InChI is InChI=1S/C14H19N3O3/c18-13(19)9-11-3-7-17(8-4-11)14(20)16-10-12-1-5-15-6-2-12/h1-2,5-6,11H,3-4,7-10H2,(H,16,20)(H,18,19). The number of aliphatic carboxylic acids is 1. The normalized spacial score (nSPS) is 15.9. The third kappa shape index (κ3) is 4.22. The summed E-state index contributed by atoms with van der Waals surface area (Å²) in [5, 5.41) is 11.6. The first kappa shape index (κ1) is 14.3. The van der Waals surface area contributed by atoms with Gasteiger partial charge in [0.25, 0.3) is 0 Å². The predicted molar refractivity (Wildman–Crippen MR) is 73.0 cm³/mol. The average Bonchev–Trinajstić information content (AvgIpc) is 2.46. The maximum atomic E-state index is 12.0. The first-order valence-electron chi connectivity index (χ1n) is 6.78. The lowest BCUT2D eigenvalue weighted by Gasteiger charge is -2.31. The van der Waals surface area contributed by atoms with E-state index in [2.05, 4.69) is 10.3 Å². The highest BCUT2D eigenvalue weighted by Gasteiger charge is 2.23. The molecule has 0 bridgehead atoms. The van der Waals surface area contributed by atoms with Gasteiger partial charge >= 0.3 is 12.0 Å². The van der Waals surface area contributed by atoms with E-state index in [1.165, 1.54) is 0 Å². The van der Waals surface area contributed by atoms with Crippen LogP contribution in [0, 0.1) is 5.92 Å². The summed E-state index contributed by atoms with van der Waals surface area (Å²) in [5.74, 6) is -0.567. The molecule has 0 aliphatic carbocycles. The number of rotatable bonds is 4. The molecule has 2 N–H and O–H groups in total. The van der Waals surface area contributed by atoms with Gasteiger partial charge in [0.1, 0.15) is 0 Å². The third-order valence-corrected chi connectivity index (χ3v) is 3.56. The van der Waals surface area contributed by atoms with Crippen LogP contribution in [0.4, 0.5) is 4.79 Å². The number of nitrogens with zero attached hydrogens (tertiary/aromatic N) is 2. The number of pyridine rings is 1. The number of nitrogens with one attached hydrogen (secondary N) is 1. The van der Waals surface area contributed by atoms with Gasteiger partial charge in [-0.15, -0.1) is 0 Å². The van der Waals surface area contributed by atoms with Crippen molar-refractivity contribution in [3.63, 3.8) is 0 Å².